The molecular weight excluding hydrogens is 420 g/mol. The number of hydrogen-bond donors (Lipinski definition) is 3. The molecule has 0 radical (unpaired) electrons. The Morgan fingerprint density at radius 1 is 0.485 bits per heavy atom. The van der Waals surface area contributed by atoms with Gasteiger partial charge in [-0.3, -0.25) is 0 Å². The summed E-state index contributed by atoms with van der Waals surface area (Å²) in [5.74, 6) is 2.58. The Labute approximate surface area is 191 Å². The predicted octanol–water partition coefficient (Wildman–Crippen LogP) is 4.92. The van der Waals surface area contributed by atoms with Gasteiger partial charge in [-0.05, 0) is 39.0 Å². The monoisotopic (exact) mass is 444 g/mol. The van der Waals surface area contributed by atoms with Crippen molar-refractivity contribution in [3.05, 3.63) is 71.7 Å². The van der Waals surface area contributed by atoms with Gasteiger partial charge in [-0.25, -0.2) is 15.0 Å². The van der Waals surface area contributed by atoms with Crippen molar-refractivity contribution in [2.45, 2.75) is 20.8 Å². The normalized spacial score (nSPS) is 10.6. The SMILES string of the molecule is Cc1cc(N)cnc1Oc1cc(Oc2ncc(N)cc2C)cc(Oc2ncc(N)cc2C)c1. The first-order valence-electron chi connectivity index (χ1n) is 10.1. The van der Waals surface area contributed by atoms with Gasteiger partial charge in [0.15, 0.2) is 0 Å². The quantitative estimate of drug-likeness (QED) is 0.377. The minimum Gasteiger partial charge on any atom is -0.438 e. The third kappa shape index (κ3) is 5.21. The number of anilines is 3. The molecular formula is C24H24N6O3. The van der Waals surface area contributed by atoms with E-state index in [2.05, 4.69) is 15.0 Å². The molecule has 0 spiro atoms. The summed E-state index contributed by atoms with van der Waals surface area (Å²) in [5.41, 5.74) is 21.4. The minimum atomic E-state index is 0.413. The molecule has 0 saturated heterocycles. The van der Waals surface area contributed by atoms with Gasteiger partial charge in [0.2, 0.25) is 17.6 Å². The summed E-state index contributed by atoms with van der Waals surface area (Å²) in [5, 5.41) is 0. The number of nitrogens with two attached hydrogens (primary N) is 3. The summed E-state index contributed by atoms with van der Waals surface area (Å²) < 4.78 is 18.0. The number of rotatable bonds is 6. The van der Waals surface area contributed by atoms with Gasteiger partial charge >= 0.3 is 0 Å². The van der Waals surface area contributed by atoms with Gasteiger partial charge < -0.3 is 31.4 Å². The molecule has 0 unspecified atom stereocenters. The maximum atomic E-state index is 6.01. The highest BCUT2D eigenvalue weighted by atomic mass is 16.5. The van der Waals surface area contributed by atoms with E-state index in [0.29, 0.717) is 52.0 Å². The Bertz CT molecular complexity index is 1150. The van der Waals surface area contributed by atoms with Crippen molar-refractivity contribution >= 4 is 17.1 Å². The first kappa shape index (κ1) is 21.7. The van der Waals surface area contributed by atoms with Crippen LogP contribution in [0.25, 0.3) is 0 Å². The van der Waals surface area contributed by atoms with Gasteiger partial charge in [0, 0.05) is 34.9 Å². The number of aryl methyl sites for hydroxylation is 3. The highest BCUT2D eigenvalue weighted by molar-refractivity contribution is 5.50. The summed E-state index contributed by atoms with van der Waals surface area (Å²) in [4.78, 5) is 12.8. The molecule has 0 aliphatic carbocycles. The molecule has 0 bridgehead atoms. The topological polar surface area (TPSA) is 144 Å². The molecule has 168 valence electrons. The van der Waals surface area contributed by atoms with Crippen molar-refractivity contribution in [1.82, 2.24) is 15.0 Å². The maximum Gasteiger partial charge on any atom is 0.222 e. The Morgan fingerprint density at radius 3 is 1.00 bits per heavy atom. The largest absolute Gasteiger partial charge is 0.438 e. The number of pyridine rings is 3. The van der Waals surface area contributed by atoms with E-state index in [1.165, 1.54) is 18.6 Å². The molecule has 1 aromatic carbocycles. The van der Waals surface area contributed by atoms with Crippen LogP contribution in [0.15, 0.2) is 55.0 Å². The second-order valence-electron chi connectivity index (χ2n) is 7.62. The van der Waals surface area contributed by atoms with E-state index in [0.717, 1.165) is 16.7 Å². The number of hydrogen-bond acceptors (Lipinski definition) is 9. The van der Waals surface area contributed by atoms with Crippen molar-refractivity contribution in [3.8, 4) is 34.9 Å². The number of nitrogens with zero attached hydrogens (tertiary/aromatic N) is 3. The van der Waals surface area contributed by atoms with E-state index in [1.807, 2.05) is 20.8 Å². The molecule has 0 amide bonds. The molecule has 6 N–H and O–H groups in total. The maximum absolute atomic E-state index is 6.01. The zero-order valence-corrected chi connectivity index (χ0v) is 18.5. The van der Waals surface area contributed by atoms with Gasteiger partial charge in [-0.1, -0.05) is 0 Å². The average Bonchev–Trinajstić information content (AvgIpc) is 2.74. The molecule has 0 aliphatic rings. The molecule has 0 atom stereocenters. The van der Waals surface area contributed by atoms with Gasteiger partial charge in [0.05, 0.1) is 35.7 Å². The highest BCUT2D eigenvalue weighted by Gasteiger charge is 2.13. The fraction of sp³-hybridized carbons (Fsp3) is 0.125. The van der Waals surface area contributed by atoms with Crippen LogP contribution in [0.5, 0.6) is 34.9 Å². The van der Waals surface area contributed by atoms with Crippen LogP contribution in [0.1, 0.15) is 16.7 Å². The molecule has 3 aromatic heterocycles. The van der Waals surface area contributed by atoms with Crippen molar-refractivity contribution in [1.29, 1.82) is 0 Å². The lowest BCUT2D eigenvalue weighted by molar-refractivity contribution is 0.419. The molecule has 4 rings (SSSR count). The van der Waals surface area contributed by atoms with Crippen LogP contribution in [0.3, 0.4) is 0 Å². The van der Waals surface area contributed by atoms with Crippen LogP contribution in [-0.2, 0) is 0 Å². The Morgan fingerprint density at radius 2 is 0.758 bits per heavy atom. The fourth-order valence-corrected chi connectivity index (χ4v) is 3.13. The lowest BCUT2D eigenvalue weighted by Crippen LogP contribution is -1.98. The van der Waals surface area contributed by atoms with Crippen molar-refractivity contribution in [2.24, 2.45) is 0 Å². The third-order valence-corrected chi connectivity index (χ3v) is 4.65. The van der Waals surface area contributed by atoms with Crippen LogP contribution < -0.4 is 31.4 Å². The van der Waals surface area contributed by atoms with Gasteiger partial charge in [-0.2, -0.15) is 0 Å². The van der Waals surface area contributed by atoms with Crippen molar-refractivity contribution in [2.75, 3.05) is 17.2 Å². The van der Waals surface area contributed by atoms with E-state index < -0.39 is 0 Å². The minimum absolute atomic E-state index is 0.413. The number of benzene rings is 1. The molecule has 33 heavy (non-hydrogen) atoms. The van der Waals surface area contributed by atoms with Gasteiger partial charge in [0.1, 0.15) is 17.2 Å². The second kappa shape index (κ2) is 8.91. The van der Waals surface area contributed by atoms with Crippen molar-refractivity contribution in [3.63, 3.8) is 0 Å². The Kier molecular flexibility index (Phi) is 5.86. The predicted molar refractivity (Wildman–Crippen MR) is 127 cm³/mol. The third-order valence-electron chi connectivity index (χ3n) is 4.65. The summed E-state index contributed by atoms with van der Waals surface area (Å²) in [6, 6.07) is 10.5. The molecule has 4 aromatic rings. The van der Waals surface area contributed by atoms with Crippen LogP contribution in [0, 0.1) is 20.8 Å². The summed E-state index contributed by atoms with van der Waals surface area (Å²) in [6.07, 6.45) is 4.59. The first-order valence-corrected chi connectivity index (χ1v) is 10.1. The van der Waals surface area contributed by atoms with Gasteiger partial charge in [-0.15, -0.1) is 0 Å². The van der Waals surface area contributed by atoms with E-state index in [-0.39, 0.29) is 0 Å². The molecule has 0 saturated carbocycles. The van der Waals surface area contributed by atoms with Crippen molar-refractivity contribution < 1.29 is 14.2 Å². The highest BCUT2D eigenvalue weighted by Crippen LogP contribution is 2.36. The number of nitrogen functional groups attached to an aromatic ring is 3. The standard InChI is InChI=1S/C24H24N6O3/c1-13-4-16(25)10-28-22(13)31-19-7-20(32-23-14(2)5-17(26)11-29-23)9-21(8-19)33-24-15(3)6-18(27)12-30-24/h4-12H,25-27H2,1-3H3. The summed E-state index contributed by atoms with van der Waals surface area (Å²) >= 11 is 0. The van der Waals surface area contributed by atoms with E-state index in [9.17, 15) is 0 Å². The lowest BCUT2D eigenvalue weighted by atomic mass is 10.2. The summed E-state index contributed by atoms with van der Waals surface area (Å²) in [7, 11) is 0. The van der Waals surface area contributed by atoms with Crippen LogP contribution in [0.4, 0.5) is 17.1 Å². The average molecular weight is 444 g/mol. The second-order valence-corrected chi connectivity index (χ2v) is 7.62. The number of aromatic nitrogens is 3. The van der Waals surface area contributed by atoms with Crippen LogP contribution in [0.2, 0.25) is 0 Å². The first-order chi connectivity index (χ1) is 15.8. The van der Waals surface area contributed by atoms with E-state index >= 15 is 0 Å². The molecule has 0 fully saturated rings. The Hall–Kier alpha value is -4.53. The zero-order valence-electron chi connectivity index (χ0n) is 18.5. The number of ether oxygens (including phenoxy) is 3. The smallest absolute Gasteiger partial charge is 0.222 e. The van der Waals surface area contributed by atoms with Crippen LogP contribution >= 0.6 is 0 Å². The lowest BCUT2D eigenvalue weighted by Gasteiger charge is -2.14. The van der Waals surface area contributed by atoms with Gasteiger partial charge in [0.25, 0.3) is 0 Å². The molecule has 9 nitrogen and oxygen atoms in total. The molecule has 3 heterocycles. The Balaban J connectivity index is 1.71. The van der Waals surface area contributed by atoms with E-state index in [1.54, 1.807) is 36.4 Å². The van der Waals surface area contributed by atoms with Crippen LogP contribution in [-0.4, -0.2) is 15.0 Å². The molecule has 9 heteroatoms. The summed E-state index contributed by atoms with van der Waals surface area (Å²) in [6.45, 7) is 5.58. The zero-order chi connectivity index (χ0) is 23.5. The molecule has 0 aliphatic heterocycles. The van der Waals surface area contributed by atoms with E-state index in [4.69, 9.17) is 31.4 Å². The fourth-order valence-electron chi connectivity index (χ4n) is 3.13.